The van der Waals surface area contributed by atoms with Crippen LogP contribution in [0.3, 0.4) is 0 Å². The average Bonchev–Trinajstić information content (AvgIpc) is 3.48. The third-order valence-electron chi connectivity index (χ3n) is 7.26. The van der Waals surface area contributed by atoms with Crippen LogP contribution in [-0.2, 0) is 6.42 Å². The highest BCUT2D eigenvalue weighted by molar-refractivity contribution is 6.30. The van der Waals surface area contributed by atoms with E-state index < -0.39 is 0 Å². The molecule has 2 aliphatic rings. The Kier molecular flexibility index (Phi) is 5.23. The maximum atomic E-state index is 13.2. The molecule has 8 nitrogen and oxygen atoms in total. The number of hydrogen-bond donors (Lipinski definition) is 3. The number of hydrogen-bond acceptors (Lipinski definition) is 5. The van der Waals surface area contributed by atoms with E-state index in [4.69, 9.17) is 16.3 Å². The van der Waals surface area contributed by atoms with E-state index in [9.17, 15) is 4.79 Å². The lowest BCUT2D eigenvalue weighted by atomic mass is 9.84. The molecule has 3 heterocycles. The van der Waals surface area contributed by atoms with Crippen LogP contribution < -0.4 is 15.6 Å². The summed E-state index contributed by atoms with van der Waals surface area (Å²) in [5, 5.41) is 17.1. The highest BCUT2D eigenvalue weighted by Gasteiger charge is 2.37. The molecule has 1 aliphatic heterocycles. The summed E-state index contributed by atoms with van der Waals surface area (Å²) in [4.78, 5) is 16.9. The van der Waals surface area contributed by atoms with Gasteiger partial charge in [-0.1, -0.05) is 41.9 Å². The zero-order chi connectivity index (χ0) is 25.8. The number of ether oxygens (including phenoxy) is 1. The standard InChI is InChI=1S/C29H23ClN6O2/c1-38-19-12-6-16(7-13-19)27-24-23(15-14-21-20-4-2-3-5-22(20)31-25(21)24)32-28-26(29(37)35-36(27)28)34-33-18-10-8-17(30)9-11-18/h2-13,27,31-32H,14-15H2,1H3,(H,35,37). The number of halogens is 1. The van der Waals surface area contributed by atoms with Crippen LogP contribution in [0, 0.1) is 0 Å². The van der Waals surface area contributed by atoms with Gasteiger partial charge in [0, 0.05) is 32.9 Å². The van der Waals surface area contributed by atoms with Crippen molar-refractivity contribution in [2.75, 3.05) is 12.4 Å². The normalized spacial score (nSPS) is 16.3. The Morgan fingerprint density at radius 2 is 1.76 bits per heavy atom. The summed E-state index contributed by atoms with van der Waals surface area (Å²) in [5.74, 6) is 1.36. The van der Waals surface area contributed by atoms with Gasteiger partial charge < -0.3 is 15.0 Å². The van der Waals surface area contributed by atoms with Crippen LogP contribution in [0.5, 0.6) is 5.75 Å². The Hall–Kier alpha value is -4.56. The van der Waals surface area contributed by atoms with Crippen molar-refractivity contribution >= 4 is 45.3 Å². The first-order chi connectivity index (χ1) is 18.6. The molecule has 0 saturated heterocycles. The predicted octanol–water partition coefficient (Wildman–Crippen LogP) is 7.11. The number of aryl methyl sites for hydroxylation is 1. The number of aromatic nitrogens is 3. The van der Waals surface area contributed by atoms with Crippen molar-refractivity contribution in [2.24, 2.45) is 10.2 Å². The number of azo groups is 1. The number of fused-ring (bicyclic) bond motifs is 5. The van der Waals surface area contributed by atoms with Gasteiger partial charge in [-0.15, -0.1) is 5.11 Å². The van der Waals surface area contributed by atoms with Gasteiger partial charge in [0.05, 0.1) is 12.8 Å². The number of benzene rings is 3. The van der Waals surface area contributed by atoms with Gasteiger partial charge in [-0.3, -0.25) is 14.6 Å². The number of rotatable bonds is 4. The lowest BCUT2D eigenvalue weighted by Gasteiger charge is -2.34. The van der Waals surface area contributed by atoms with Gasteiger partial charge in [0.2, 0.25) is 0 Å². The van der Waals surface area contributed by atoms with Gasteiger partial charge in [-0.05, 0) is 66.4 Å². The molecule has 0 bridgehead atoms. The number of methoxy groups -OCH3 is 1. The highest BCUT2D eigenvalue weighted by atomic mass is 35.5. The molecule has 38 heavy (non-hydrogen) atoms. The van der Waals surface area contributed by atoms with Crippen molar-refractivity contribution in [3.63, 3.8) is 0 Å². The Morgan fingerprint density at radius 1 is 0.974 bits per heavy atom. The smallest absolute Gasteiger partial charge is 0.294 e. The van der Waals surface area contributed by atoms with Crippen molar-refractivity contribution in [1.82, 2.24) is 14.8 Å². The maximum Gasteiger partial charge on any atom is 0.294 e. The van der Waals surface area contributed by atoms with Crippen molar-refractivity contribution in [3.8, 4) is 5.75 Å². The van der Waals surface area contributed by atoms with Crippen LogP contribution >= 0.6 is 11.6 Å². The third kappa shape index (κ3) is 3.56. The van der Waals surface area contributed by atoms with E-state index in [1.54, 1.807) is 31.4 Å². The largest absolute Gasteiger partial charge is 0.497 e. The second kappa shape index (κ2) is 8.78. The molecule has 9 heteroatoms. The lowest BCUT2D eigenvalue weighted by molar-refractivity contribution is 0.414. The molecule has 0 radical (unpaired) electrons. The Bertz CT molecular complexity index is 1810. The Balaban J connectivity index is 1.41. The zero-order valence-corrected chi connectivity index (χ0v) is 21.2. The molecule has 0 amide bonds. The fourth-order valence-corrected chi connectivity index (χ4v) is 5.62. The lowest BCUT2D eigenvalue weighted by Crippen LogP contribution is -2.27. The number of allylic oxidation sites excluding steroid dienone is 2. The molecule has 0 fully saturated rings. The summed E-state index contributed by atoms with van der Waals surface area (Å²) >= 11 is 6.00. The van der Waals surface area contributed by atoms with E-state index in [0.29, 0.717) is 16.5 Å². The molecule has 7 rings (SSSR count). The fraction of sp³-hybridized carbons (Fsp3) is 0.138. The average molecular weight is 523 g/mol. The number of H-pyrrole nitrogens is 2. The van der Waals surface area contributed by atoms with Gasteiger partial charge in [-0.2, -0.15) is 5.11 Å². The second-order valence-electron chi connectivity index (χ2n) is 9.40. The van der Waals surface area contributed by atoms with Crippen LogP contribution in [0.15, 0.2) is 93.5 Å². The van der Waals surface area contributed by atoms with E-state index in [1.165, 1.54) is 10.9 Å². The Morgan fingerprint density at radius 3 is 2.55 bits per heavy atom. The van der Waals surface area contributed by atoms with E-state index >= 15 is 0 Å². The summed E-state index contributed by atoms with van der Waals surface area (Å²) in [7, 11) is 1.65. The van der Waals surface area contributed by atoms with E-state index in [2.05, 4.69) is 43.8 Å². The fourth-order valence-electron chi connectivity index (χ4n) is 5.49. The van der Waals surface area contributed by atoms with Crippen molar-refractivity contribution < 1.29 is 4.74 Å². The van der Waals surface area contributed by atoms with Gasteiger partial charge in [0.25, 0.3) is 5.56 Å². The summed E-state index contributed by atoms with van der Waals surface area (Å²) in [6.07, 6.45) is 1.70. The van der Waals surface area contributed by atoms with E-state index in [1.807, 2.05) is 35.0 Å². The topological polar surface area (TPSA) is 99.6 Å². The van der Waals surface area contributed by atoms with E-state index in [-0.39, 0.29) is 17.3 Å². The van der Waals surface area contributed by atoms with Gasteiger partial charge in [0.1, 0.15) is 11.8 Å². The third-order valence-corrected chi connectivity index (χ3v) is 7.51. The number of anilines is 1. The quantitative estimate of drug-likeness (QED) is 0.219. The second-order valence-corrected chi connectivity index (χ2v) is 9.84. The highest BCUT2D eigenvalue weighted by Crippen LogP contribution is 2.48. The van der Waals surface area contributed by atoms with Crippen LogP contribution in [0.2, 0.25) is 5.02 Å². The molecule has 1 unspecified atom stereocenters. The number of aromatic amines is 2. The van der Waals surface area contributed by atoms with Crippen molar-refractivity contribution in [3.05, 3.63) is 111 Å². The van der Waals surface area contributed by atoms with Crippen molar-refractivity contribution in [2.45, 2.75) is 18.9 Å². The van der Waals surface area contributed by atoms with Gasteiger partial charge >= 0.3 is 0 Å². The first-order valence-corrected chi connectivity index (χ1v) is 12.7. The van der Waals surface area contributed by atoms with E-state index in [0.717, 1.165) is 46.6 Å². The van der Waals surface area contributed by atoms with Crippen LogP contribution in [0.4, 0.5) is 17.2 Å². The van der Waals surface area contributed by atoms with Crippen LogP contribution in [0.25, 0.3) is 16.5 Å². The molecule has 188 valence electrons. The summed E-state index contributed by atoms with van der Waals surface area (Å²) in [5.41, 5.74) is 7.18. The SMILES string of the molecule is COc1ccc(C2C3=C(CCc4c3[nH]c3ccccc43)Nc3c(N=Nc4ccc(Cl)cc4)c(=O)[nH]n32)cc1. The molecule has 0 saturated carbocycles. The van der Waals surface area contributed by atoms with Crippen LogP contribution in [-0.4, -0.2) is 21.9 Å². The van der Waals surface area contributed by atoms with Crippen LogP contribution in [0.1, 0.15) is 29.3 Å². The van der Waals surface area contributed by atoms with Gasteiger partial charge in [-0.25, -0.2) is 0 Å². The minimum atomic E-state index is -0.319. The minimum absolute atomic E-state index is 0.229. The Labute approximate surface area is 222 Å². The van der Waals surface area contributed by atoms with Crippen molar-refractivity contribution in [1.29, 1.82) is 0 Å². The number of para-hydroxylation sites is 1. The first kappa shape index (κ1) is 22.6. The molecule has 1 atom stereocenters. The molecule has 0 spiro atoms. The molecular weight excluding hydrogens is 500 g/mol. The molecule has 2 aromatic heterocycles. The molecule has 3 aromatic carbocycles. The monoisotopic (exact) mass is 522 g/mol. The van der Waals surface area contributed by atoms with Gasteiger partial charge in [0.15, 0.2) is 11.5 Å². The molecule has 1 aliphatic carbocycles. The maximum absolute atomic E-state index is 13.2. The summed E-state index contributed by atoms with van der Waals surface area (Å²) in [6, 6.07) is 23.0. The zero-order valence-electron chi connectivity index (χ0n) is 20.5. The summed E-state index contributed by atoms with van der Waals surface area (Å²) < 4.78 is 7.26. The molecule has 3 N–H and O–H groups in total. The molecular formula is C29H23ClN6O2. The molecule has 5 aromatic rings. The predicted molar refractivity (Wildman–Crippen MR) is 149 cm³/mol. The minimum Gasteiger partial charge on any atom is -0.497 e. The summed E-state index contributed by atoms with van der Waals surface area (Å²) in [6.45, 7) is 0. The number of nitrogens with one attached hydrogen (secondary N) is 3. The first-order valence-electron chi connectivity index (χ1n) is 12.4. The number of nitrogens with zero attached hydrogens (tertiary/aromatic N) is 3.